The summed E-state index contributed by atoms with van der Waals surface area (Å²) in [6.45, 7) is 0.790. The summed E-state index contributed by atoms with van der Waals surface area (Å²) in [5, 5.41) is 3.74. The molecule has 1 saturated heterocycles. The van der Waals surface area contributed by atoms with Gasteiger partial charge >= 0.3 is 0 Å². The summed E-state index contributed by atoms with van der Waals surface area (Å²) in [6, 6.07) is 11.1. The van der Waals surface area contributed by atoms with Crippen LogP contribution in [0.4, 0.5) is 5.69 Å². The smallest absolute Gasteiger partial charge is 0.284 e. The molecule has 0 aliphatic carbocycles. The van der Waals surface area contributed by atoms with E-state index in [1.54, 1.807) is 30.3 Å². The number of amidine groups is 1. The van der Waals surface area contributed by atoms with Crippen molar-refractivity contribution >= 4 is 62.4 Å². The molecule has 0 radical (unpaired) electrons. The van der Waals surface area contributed by atoms with Crippen LogP contribution in [0, 0.1) is 0 Å². The highest BCUT2D eigenvalue weighted by atomic mass is 35.5. The predicted octanol–water partition coefficient (Wildman–Crippen LogP) is 4.54. The maximum Gasteiger partial charge on any atom is 0.284 e. The number of benzene rings is 2. The number of sulfonamides is 1. The minimum atomic E-state index is -3.84. The molecule has 1 heterocycles. The molecule has 0 unspecified atom stereocenters. The number of rotatable bonds is 6. The first-order chi connectivity index (χ1) is 13.7. The van der Waals surface area contributed by atoms with E-state index in [1.807, 2.05) is 11.9 Å². The zero-order valence-electron chi connectivity index (χ0n) is 15.6. The SMILES string of the molecule is CN1CCC/C1=N\S(=O)(=O)c1cccc(NC(=O)CSc2cc(Cl)ccc2Cl)c1. The number of carbonyl (C=O) groups excluding carboxylic acids is 1. The van der Waals surface area contributed by atoms with Gasteiger partial charge in [0.15, 0.2) is 0 Å². The van der Waals surface area contributed by atoms with Crippen molar-refractivity contribution in [3.05, 3.63) is 52.5 Å². The normalized spacial score (nSPS) is 15.7. The molecule has 0 spiro atoms. The van der Waals surface area contributed by atoms with Crippen molar-refractivity contribution in [2.24, 2.45) is 4.40 Å². The minimum Gasteiger partial charge on any atom is -0.362 e. The molecular formula is C19H19Cl2N3O3S2. The van der Waals surface area contributed by atoms with Crippen molar-refractivity contribution in [3.8, 4) is 0 Å². The second kappa shape index (κ2) is 9.38. The van der Waals surface area contributed by atoms with Gasteiger partial charge in [0, 0.05) is 35.6 Å². The minimum absolute atomic E-state index is 0.0358. The Hall–Kier alpha value is -1.74. The van der Waals surface area contributed by atoms with E-state index in [9.17, 15) is 13.2 Å². The van der Waals surface area contributed by atoms with Crippen LogP contribution in [0.5, 0.6) is 0 Å². The molecule has 6 nitrogen and oxygen atoms in total. The summed E-state index contributed by atoms with van der Waals surface area (Å²) in [5.74, 6) is 0.362. The zero-order chi connectivity index (χ0) is 21.0. The number of halogens is 2. The standard InChI is InChI=1S/C19H19Cl2N3O3S2/c1-24-9-3-6-18(24)23-29(26,27)15-5-2-4-14(11-15)22-19(25)12-28-17-10-13(20)7-8-16(17)21/h2,4-5,7-8,10-11H,3,6,9,12H2,1H3,(H,22,25)/b23-18+. The van der Waals surface area contributed by atoms with E-state index < -0.39 is 10.0 Å². The molecule has 0 bridgehead atoms. The molecule has 2 aromatic rings. The van der Waals surface area contributed by atoms with Gasteiger partial charge in [-0.3, -0.25) is 4.79 Å². The van der Waals surface area contributed by atoms with Crippen LogP contribution in [0.15, 0.2) is 56.7 Å². The Morgan fingerprint density at radius 1 is 1.24 bits per heavy atom. The molecule has 1 N–H and O–H groups in total. The third-order valence-corrected chi connectivity index (χ3v) is 7.26. The van der Waals surface area contributed by atoms with E-state index in [4.69, 9.17) is 23.2 Å². The van der Waals surface area contributed by atoms with Crippen LogP contribution < -0.4 is 5.32 Å². The monoisotopic (exact) mass is 471 g/mol. The van der Waals surface area contributed by atoms with Gasteiger partial charge in [-0.15, -0.1) is 16.2 Å². The Morgan fingerprint density at radius 3 is 2.76 bits per heavy atom. The van der Waals surface area contributed by atoms with E-state index >= 15 is 0 Å². The van der Waals surface area contributed by atoms with E-state index in [-0.39, 0.29) is 16.6 Å². The molecule has 29 heavy (non-hydrogen) atoms. The number of thioether (sulfide) groups is 1. The predicted molar refractivity (Wildman–Crippen MR) is 119 cm³/mol. The van der Waals surface area contributed by atoms with Gasteiger partial charge in [0.05, 0.1) is 15.7 Å². The highest BCUT2D eigenvalue weighted by molar-refractivity contribution is 8.00. The van der Waals surface area contributed by atoms with E-state index in [2.05, 4.69) is 9.71 Å². The van der Waals surface area contributed by atoms with Gasteiger partial charge in [0.2, 0.25) is 5.91 Å². The van der Waals surface area contributed by atoms with Crippen LogP contribution >= 0.6 is 35.0 Å². The Morgan fingerprint density at radius 2 is 2.03 bits per heavy atom. The number of hydrogen-bond donors (Lipinski definition) is 1. The molecule has 0 aromatic heterocycles. The van der Waals surface area contributed by atoms with Crippen LogP contribution in [0.25, 0.3) is 0 Å². The Bertz CT molecular complexity index is 1060. The summed E-state index contributed by atoms with van der Waals surface area (Å²) in [4.78, 5) is 14.8. The highest BCUT2D eigenvalue weighted by Crippen LogP contribution is 2.30. The molecule has 1 fully saturated rings. The molecule has 154 valence electrons. The number of hydrogen-bond acceptors (Lipinski definition) is 4. The second-order valence-corrected chi connectivity index (χ2v) is 9.91. The molecule has 1 aliphatic heterocycles. The fraction of sp³-hybridized carbons (Fsp3) is 0.263. The molecule has 1 amide bonds. The fourth-order valence-electron chi connectivity index (χ4n) is 2.76. The van der Waals surface area contributed by atoms with Crippen molar-refractivity contribution in [2.75, 3.05) is 24.7 Å². The molecule has 10 heteroatoms. The van der Waals surface area contributed by atoms with Gasteiger partial charge in [0.25, 0.3) is 10.0 Å². The van der Waals surface area contributed by atoms with Gasteiger partial charge in [-0.2, -0.15) is 8.42 Å². The Labute approximate surface area is 184 Å². The number of nitrogens with one attached hydrogen (secondary N) is 1. The van der Waals surface area contributed by atoms with Crippen molar-refractivity contribution in [3.63, 3.8) is 0 Å². The molecule has 1 aliphatic rings. The van der Waals surface area contributed by atoms with E-state index in [0.29, 0.717) is 32.9 Å². The van der Waals surface area contributed by atoms with Crippen molar-refractivity contribution < 1.29 is 13.2 Å². The van der Waals surface area contributed by atoms with Gasteiger partial charge in [-0.1, -0.05) is 29.3 Å². The number of anilines is 1. The third-order valence-electron chi connectivity index (χ3n) is 4.23. The summed E-state index contributed by atoms with van der Waals surface area (Å²) >= 11 is 13.3. The van der Waals surface area contributed by atoms with Crippen LogP contribution in [0.1, 0.15) is 12.8 Å². The summed E-state index contributed by atoms with van der Waals surface area (Å²) < 4.78 is 29.1. The maximum absolute atomic E-state index is 12.6. The lowest BCUT2D eigenvalue weighted by Crippen LogP contribution is -2.20. The van der Waals surface area contributed by atoms with Gasteiger partial charge in [-0.25, -0.2) is 0 Å². The summed E-state index contributed by atoms with van der Waals surface area (Å²) in [7, 11) is -2.02. The lowest BCUT2D eigenvalue weighted by Gasteiger charge is -2.11. The van der Waals surface area contributed by atoms with Crippen LogP contribution in [0.3, 0.4) is 0 Å². The maximum atomic E-state index is 12.6. The molecule has 3 rings (SSSR count). The molecule has 2 aromatic carbocycles. The lowest BCUT2D eigenvalue weighted by molar-refractivity contribution is -0.113. The zero-order valence-corrected chi connectivity index (χ0v) is 18.7. The highest BCUT2D eigenvalue weighted by Gasteiger charge is 2.20. The average molecular weight is 472 g/mol. The van der Waals surface area contributed by atoms with Gasteiger partial charge < -0.3 is 10.2 Å². The van der Waals surface area contributed by atoms with E-state index in [0.717, 1.165) is 13.0 Å². The quantitative estimate of drug-likeness (QED) is 0.625. The number of likely N-dealkylation sites (tertiary alicyclic amines) is 1. The van der Waals surface area contributed by atoms with Crippen molar-refractivity contribution in [2.45, 2.75) is 22.6 Å². The third kappa shape index (κ3) is 5.88. The average Bonchev–Trinajstić information content (AvgIpc) is 3.06. The fourth-order valence-corrected chi connectivity index (χ4v) is 5.20. The first-order valence-corrected chi connectivity index (χ1v) is 12.0. The number of carbonyl (C=O) groups is 1. The number of amides is 1. The topological polar surface area (TPSA) is 78.8 Å². The van der Waals surface area contributed by atoms with Crippen LogP contribution in [-0.2, 0) is 14.8 Å². The van der Waals surface area contributed by atoms with Crippen LogP contribution in [-0.4, -0.2) is 44.4 Å². The van der Waals surface area contributed by atoms with Crippen molar-refractivity contribution in [1.82, 2.24) is 4.90 Å². The van der Waals surface area contributed by atoms with Crippen LogP contribution in [0.2, 0.25) is 10.0 Å². The number of nitrogens with zero attached hydrogens (tertiary/aromatic N) is 2. The Kier molecular flexibility index (Phi) is 7.10. The second-order valence-electron chi connectivity index (χ2n) is 6.45. The largest absolute Gasteiger partial charge is 0.362 e. The molecule has 0 atom stereocenters. The first kappa shape index (κ1) is 22.0. The Balaban J connectivity index is 1.68. The van der Waals surface area contributed by atoms with Crippen molar-refractivity contribution in [1.29, 1.82) is 0 Å². The molecule has 0 saturated carbocycles. The first-order valence-electron chi connectivity index (χ1n) is 8.77. The van der Waals surface area contributed by atoms with E-state index in [1.165, 1.54) is 23.9 Å². The summed E-state index contributed by atoms with van der Waals surface area (Å²) in [6.07, 6.45) is 1.52. The van der Waals surface area contributed by atoms with Gasteiger partial charge in [0.1, 0.15) is 5.84 Å². The summed E-state index contributed by atoms with van der Waals surface area (Å²) in [5.41, 5.74) is 0.383. The lowest BCUT2D eigenvalue weighted by atomic mass is 10.3. The molecular weight excluding hydrogens is 453 g/mol. The van der Waals surface area contributed by atoms with Gasteiger partial charge in [-0.05, 0) is 42.8 Å².